The lowest BCUT2D eigenvalue weighted by molar-refractivity contribution is -0.140. The van der Waals surface area contributed by atoms with Gasteiger partial charge in [0.1, 0.15) is 17.9 Å². The van der Waals surface area contributed by atoms with Crippen molar-refractivity contribution in [2.24, 2.45) is 13.0 Å². The zero-order chi connectivity index (χ0) is 28.3. The van der Waals surface area contributed by atoms with Gasteiger partial charge in [-0.05, 0) is 78.5 Å². The minimum Gasteiger partial charge on any atom is -0.323 e. The Hall–Kier alpha value is -4.45. The second kappa shape index (κ2) is 9.58. The molecule has 2 fully saturated rings. The molecule has 1 saturated heterocycles. The number of urea groups is 1. The highest BCUT2D eigenvalue weighted by Crippen LogP contribution is 2.43. The molecular formula is C32H30FN5O3. The van der Waals surface area contributed by atoms with Gasteiger partial charge >= 0.3 is 6.03 Å². The number of nitrogens with one attached hydrogen (secondary N) is 1. The summed E-state index contributed by atoms with van der Waals surface area (Å²) in [6.45, 7) is -0.110. The minimum atomic E-state index is -1.17. The van der Waals surface area contributed by atoms with E-state index in [4.69, 9.17) is 0 Å². The third kappa shape index (κ3) is 4.48. The van der Waals surface area contributed by atoms with Crippen LogP contribution in [-0.4, -0.2) is 50.0 Å². The van der Waals surface area contributed by atoms with Crippen LogP contribution in [0.2, 0.25) is 0 Å². The van der Waals surface area contributed by atoms with Crippen molar-refractivity contribution in [2.75, 3.05) is 6.54 Å². The standard InChI is InChI=1S/C32H30FN5O3/c1-36-17-25(16-34-36)21-7-11-28-23(14-21)12-13-32(28)30(40)38(31(41)35-32)19-29(39)37-18-24-5-8-26(33)15-22(24)6-10-27(37)9-4-20-2-3-20/h5,7-8,11,14-17,20,27H,2-3,6,10,12-13,18-19H2,1H3,(H,35,41)/t27?,32-/m1/s1. The predicted octanol–water partition coefficient (Wildman–Crippen LogP) is 3.68. The SMILES string of the molecule is Cn1cc(-c2ccc3c(c2)CC[C@@]32NC(=O)N(CC(=O)N3Cc4ccc(F)cc4CCC3C#CC3CC3)C2=O)cn1. The topological polar surface area (TPSA) is 87.5 Å². The fourth-order valence-corrected chi connectivity index (χ4v) is 6.35. The van der Waals surface area contributed by atoms with Gasteiger partial charge in [0, 0.05) is 31.3 Å². The molecule has 2 aliphatic carbocycles. The minimum absolute atomic E-state index is 0.257. The molecule has 3 aromatic rings. The summed E-state index contributed by atoms with van der Waals surface area (Å²) >= 11 is 0. The Balaban J connectivity index is 1.14. The van der Waals surface area contributed by atoms with Crippen molar-refractivity contribution in [1.82, 2.24) is 24.9 Å². The zero-order valence-electron chi connectivity index (χ0n) is 22.8. The number of fused-ring (bicyclic) bond motifs is 3. The summed E-state index contributed by atoms with van der Waals surface area (Å²) in [5.74, 6) is 5.87. The van der Waals surface area contributed by atoms with Crippen molar-refractivity contribution in [3.8, 4) is 23.0 Å². The fourth-order valence-electron chi connectivity index (χ4n) is 6.35. The lowest BCUT2D eigenvalue weighted by Gasteiger charge is -2.28. The van der Waals surface area contributed by atoms with Crippen LogP contribution in [0.5, 0.6) is 0 Å². The molecule has 1 aromatic heterocycles. The van der Waals surface area contributed by atoms with Crippen LogP contribution in [-0.2, 0) is 41.6 Å². The third-order valence-corrected chi connectivity index (χ3v) is 8.77. The van der Waals surface area contributed by atoms with Crippen LogP contribution < -0.4 is 5.32 Å². The van der Waals surface area contributed by atoms with Crippen LogP contribution in [0.1, 0.15) is 47.9 Å². The van der Waals surface area contributed by atoms with E-state index >= 15 is 0 Å². The van der Waals surface area contributed by atoms with E-state index in [0.29, 0.717) is 31.6 Å². The van der Waals surface area contributed by atoms with E-state index < -0.39 is 17.5 Å². The number of carbonyl (C=O) groups is 3. The number of hydrogen-bond donors (Lipinski definition) is 1. The molecule has 3 heterocycles. The van der Waals surface area contributed by atoms with E-state index in [9.17, 15) is 18.8 Å². The summed E-state index contributed by atoms with van der Waals surface area (Å²) in [6.07, 6.45) is 8.10. The number of hydrogen-bond acceptors (Lipinski definition) is 4. The highest BCUT2D eigenvalue weighted by atomic mass is 19.1. The average Bonchev–Trinajstić information content (AvgIpc) is 3.56. The summed E-state index contributed by atoms with van der Waals surface area (Å²) in [4.78, 5) is 43.6. The van der Waals surface area contributed by atoms with Crippen LogP contribution in [0.25, 0.3) is 11.1 Å². The summed E-state index contributed by atoms with van der Waals surface area (Å²) < 4.78 is 15.7. The molecule has 1 saturated carbocycles. The number of aryl methyl sites for hydroxylation is 3. The van der Waals surface area contributed by atoms with Crippen LogP contribution >= 0.6 is 0 Å². The van der Waals surface area contributed by atoms with Crippen molar-refractivity contribution >= 4 is 17.8 Å². The highest BCUT2D eigenvalue weighted by Gasteiger charge is 2.56. The molecule has 208 valence electrons. The maximum absolute atomic E-state index is 14.0. The molecule has 1 spiro atoms. The van der Waals surface area contributed by atoms with Gasteiger partial charge in [0.15, 0.2) is 0 Å². The first kappa shape index (κ1) is 25.5. The number of imide groups is 1. The molecule has 9 heteroatoms. The number of amides is 4. The molecule has 0 bridgehead atoms. The van der Waals surface area contributed by atoms with E-state index in [1.165, 1.54) is 12.1 Å². The second-order valence-corrected chi connectivity index (χ2v) is 11.6. The van der Waals surface area contributed by atoms with Crippen molar-refractivity contribution in [2.45, 2.75) is 56.7 Å². The Morgan fingerprint density at radius 3 is 2.68 bits per heavy atom. The second-order valence-electron chi connectivity index (χ2n) is 11.6. The molecular weight excluding hydrogens is 521 g/mol. The highest BCUT2D eigenvalue weighted by molar-refractivity contribution is 6.10. The van der Waals surface area contributed by atoms with Gasteiger partial charge in [0.05, 0.1) is 12.2 Å². The Kier molecular flexibility index (Phi) is 5.96. The van der Waals surface area contributed by atoms with Gasteiger partial charge in [0.2, 0.25) is 5.91 Å². The van der Waals surface area contributed by atoms with Crippen molar-refractivity contribution in [3.63, 3.8) is 0 Å². The van der Waals surface area contributed by atoms with Crippen molar-refractivity contribution < 1.29 is 18.8 Å². The van der Waals surface area contributed by atoms with Gasteiger partial charge in [-0.1, -0.05) is 36.1 Å². The van der Waals surface area contributed by atoms with Crippen LogP contribution in [0.3, 0.4) is 0 Å². The lowest BCUT2D eigenvalue weighted by atomic mass is 9.90. The summed E-state index contributed by atoms with van der Waals surface area (Å²) in [7, 11) is 1.86. The summed E-state index contributed by atoms with van der Waals surface area (Å²) in [5, 5.41) is 7.18. The van der Waals surface area contributed by atoms with E-state index in [1.807, 2.05) is 25.4 Å². The quantitative estimate of drug-likeness (QED) is 0.398. The summed E-state index contributed by atoms with van der Waals surface area (Å²) in [5.41, 5.74) is 4.30. The molecule has 0 radical (unpaired) electrons. The zero-order valence-corrected chi connectivity index (χ0v) is 22.8. The monoisotopic (exact) mass is 551 g/mol. The Bertz CT molecular complexity index is 1660. The van der Waals surface area contributed by atoms with E-state index in [0.717, 1.165) is 51.1 Å². The summed E-state index contributed by atoms with van der Waals surface area (Å²) in [6, 6.07) is 9.59. The Morgan fingerprint density at radius 2 is 1.90 bits per heavy atom. The van der Waals surface area contributed by atoms with Crippen molar-refractivity contribution in [3.05, 3.63) is 76.9 Å². The number of aromatic nitrogens is 2. The van der Waals surface area contributed by atoms with E-state index in [2.05, 4.69) is 28.3 Å². The number of benzene rings is 2. The smallest absolute Gasteiger partial charge is 0.323 e. The molecule has 2 aromatic carbocycles. The predicted molar refractivity (Wildman–Crippen MR) is 148 cm³/mol. The van der Waals surface area contributed by atoms with Gasteiger partial charge in [0.25, 0.3) is 5.91 Å². The maximum atomic E-state index is 14.0. The molecule has 2 aliphatic heterocycles. The van der Waals surface area contributed by atoms with Gasteiger partial charge in [-0.2, -0.15) is 5.10 Å². The first-order valence-corrected chi connectivity index (χ1v) is 14.1. The van der Waals surface area contributed by atoms with Gasteiger partial charge in [-0.15, -0.1) is 0 Å². The molecule has 41 heavy (non-hydrogen) atoms. The van der Waals surface area contributed by atoms with Crippen molar-refractivity contribution in [1.29, 1.82) is 0 Å². The number of carbonyl (C=O) groups excluding carboxylic acids is 3. The van der Waals surface area contributed by atoms with Gasteiger partial charge < -0.3 is 10.2 Å². The average molecular weight is 552 g/mol. The fraction of sp³-hybridized carbons (Fsp3) is 0.375. The number of nitrogens with zero attached hydrogens (tertiary/aromatic N) is 4. The van der Waals surface area contributed by atoms with E-state index in [-0.39, 0.29) is 30.9 Å². The Morgan fingerprint density at radius 1 is 1.05 bits per heavy atom. The largest absolute Gasteiger partial charge is 0.325 e. The number of halogens is 1. The van der Waals surface area contributed by atoms with Gasteiger partial charge in [-0.3, -0.25) is 19.2 Å². The van der Waals surface area contributed by atoms with Crippen LogP contribution in [0.4, 0.5) is 9.18 Å². The molecule has 4 amide bonds. The molecule has 4 aliphatic rings. The third-order valence-electron chi connectivity index (χ3n) is 8.77. The lowest BCUT2D eigenvalue weighted by Crippen LogP contribution is -2.47. The van der Waals surface area contributed by atoms with Crippen LogP contribution in [0.15, 0.2) is 48.8 Å². The molecule has 1 unspecified atom stereocenters. The first-order valence-electron chi connectivity index (χ1n) is 14.1. The maximum Gasteiger partial charge on any atom is 0.325 e. The normalized spacial score (nSPS) is 23.1. The molecule has 7 rings (SSSR count). The number of rotatable bonds is 3. The molecule has 1 N–H and O–H groups in total. The van der Waals surface area contributed by atoms with Gasteiger partial charge in [-0.25, -0.2) is 9.18 Å². The van der Waals surface area contributed by atoms with Crippen LogP contribution in [0, 0.1) is 23.6 Å². The molecule has 2 atom stereocenters. The molecule has 8 nitrogen and oxygen atoms in total. The Labute approximate surface area is 237 Å². The van der Waals surface area contributed by atoms with E-state index in [1.54, 1.807) is 21.8 Å². The first-order chi connectivity index (χ1) is 19.8.